The molecule has 1 aliphatic heterocycles. The van der Waals surface area contributed by atoms with Crippen molar-refractivity contribution in [3.05, 3.63) is 46.8 Å². The van der Waals surface area contributed by atoms with E-state index in [0.29, 0.717) is 31.8 Å². The Labute approximate surface area is 152 Å². The van der Waals surface area contributed by atoms with Crippen LogP contribution in [0.1, 0.15) is 46.1 Å². The van der Waals surface area contributed by atoms with Crippen molar-refractivity contribution in [1.82, 2.24) is 14.5 Å². The van der Waals surface area contributed by atoms with Crippen LogP contribution < -0.4 is 0 Å². The van der Waals surface area contributed by atoms with Crippen LogP contribution in [0.2, 0.25) is 0 Å². The second-order valence-electron chi connectivity index (χ2n) is 6.73. The molecular formula is C18H21N3O4S. The van der Waals surface area contributed by atoms with Crippen LogP contribution in [-0.4, -0.2) is 49.1 Å². The van der Waals surface area contributed by atoms with Crippen LogP contribution in [0.15, 0.2) is 29.2 Å². The predicted octanol–water partition coefficient (Wildman–Crippen LogP) is 1.86. The van der Waals surface area contributed by atoms with Gasteiger partial charge in [0.15, 0.2) is 0 Å². The number of rotatable bonds is 4. The highest BCUT2D eigenvalue weighted by Gasteiger charge is 2.34. The van der Waals surface area contributed by atoms with Gasteiger partial charge >= 0.3 is 5.97 Å². The number of fused-ring (bicyclic) bond motifs is 1. The minimum atomic E-state index is -3.79. The van der Waals surface area contributed by atoms with Crippen molar-refractivity contribution in [3.8, 4) is 0 Å². The summed E-state index contributed by atoms with van der Waals surface area (Å²) in [6.07, 6.45) is 3.55. The van der Waals surface area contributed by atoms with Crippen LogP contribution in [0.4, 0.5) is 0 Å². The summed E-state index contributed by atoms with van der Waals surface area (Å²) in [6, 6.07) is 6.19. The summed E-state index contributed by atoms with van der Waals surface area (Å²) in [5.41, 5.74) is 3.38. The number of nitrogens with zero attached hydrogens (tertiary/aromatic N) is 2. The molecule has 0 unspecified atom stereocenters. The zero-order valence-corrected chi connectivity index (χ0v) is 15.4. The van der Waals surface area contributed by atoms with Gasteiger partial charge in [0.2, 0.25) is 10.0 Å². The van der Waals surface area contributed by atoms with E-state index in [1.165, 1.54) is 29.1 Å². The number of benzene rings is 1. The van der Waals surface area contributed by atoms with Crippen molar-refractivity contribution in [2.75, 3.05) is 20.2 Å². The highest BCUT2D eigenvalue weighted by Crippen LogP contribution is 2.41. The Morgan fingerprint density at radius 1 is 1.23 bits per heavy atom. The van der Waals surface area contributed by atoms with Crippen molar-refractivity contribution in [3.63, 3.8) is 0 Å². The highest BCUT2D eigenvalue weighted by atomic mass is 32.2. The molecule has 7 nitrogen and oxygen atoms in total. The van der Waals surface area contributed by atoms with Gasteiger partial charge in [0.25, 0.3) is 0 Å². The van der Waals surface area contributed by atoms with Gasteiger partial charge in [-0.1, -0.05) is 12.1 Å². The maximum atomic E-state index is 13.2. The molecule has 1 fully saturated rings. The second kappa shape index (κ2) is 6.51. The Hall–Kier alpha value is -2.19. The third kappa shape index (κ3) is 2.93. The maximum Gasteiger partial charge on any atom is 0.339 e. The van der Waals surface area contributed by atoms with Crippen molar-refractivity contribution in [2.24, 2.45) is 0 Å². The average Bonchev–Trinajstić information content (AvgIpc) is 3.45. The van der Waals surface area contributed by atoms with Crippen LogP contribution in [0.5, 0.6) is 0 Å². The zero-order chi connectivity index (χ0) is 18.3. The molecule has 2 aliphatic rings. The zero-order valence-electron chi connectivity index (χ0n) is 14.6. The number of aromatic amines is 1. The molecule has 0 amide bonds. The summed E-state index contributed by atoms with van der Waals surface area (Å²) >= 11 is 0. The van der Waals surface area contributed by atoms with Gasteiger partial charge in [-0.05, 0) is 37.0 Å². The summed E-state index contributed by atoms with van der Waals surface area (Å²) in [7, 11) is -2.54. The fourth-order valence-electron chi connectivity index (χ4n) is 3.53. The summed E-state index contributed by atoms with van der Waals surface area (Å²) < 4.78 is 32.5. The number of hydrogen-bond donors (Lipinski definition) is 1. The number of ether oxygens (including phenoxy) is 1. The quantitative estimate of drug-likeness (QED) is 0.824. The van der Waals surface area contributed by atoms with Gasteiger partial charge < -0.3 is 4.74 Å². The third-order valence-electron chi connectivity index (χ3n) is 5.08. The Morgan fingerprint density at radius 2 is 1.96 bits per heavy atom. The molecule has 8 heteroatoms. The largest absolute Gasteiger partial charge is 0.465 e. The van der Waals surface area contributed by atoms with E-state index in [2.05, 4.69) is 10.2 Å². The number of nitrogens with one attached hydrogen (secondary N) is 1. The molecule has 1 aromatic carbocycles. The molecular weight excluding hydrogens is 354 g/mol. The summed E-state index contributed by atoms with van der Waals surface area (Å²) in [5, 5.41) is 7.53. The third-order valence-corrected chi connectivity index (χ3v) is 7.04. The van der Waals surface area contributed by atoms with E-state index in [-0.39, 0.29) is 10.5 Å². The number of esters is 1. The van der Waals surface area contributed by atoms with Crippen LogP contribution in [0.3, 0.4) is 0 Å². The molecule has 0 spiro atoms. The van der Waals surface area contributed by atoms with Crippen molar-refractivity contribution < 1.29 is 17.9 Å². The predicted molar refractivity (Wildman–Crippen MR) is 94.5 cm³/mol. The molecule has 0 radical (unpaired) electrons. The fraction of sp³-hybridized carbons (Fsp3) is 0.444. The molecule has 2 heterocycles. The Kier molecular flexibility index (Phi) is 4.32. The summed E-state index contributed by atoms with van der Waals surface area (Å²) in [6.45, 7) is 0.737. The van der Waals surface area contributed by atoms with Crippen LogP contribution in [0, 0.1) is 0 Å². The minimum Gasteiger partial charge on any atom is -0.465 e. The van der Waals surface area contributed by atoms with Gasteiger partial charge in [0.1, 0.15) is 0 Å². The SMILES string of the molecule is COC(=O)c1ccccc1S(=O)(=O)N1CCc2[nH]nc(C3CC3)c2CC1. The molecule has 1 aromatic heterocycles. The first kappa shape index (κ1) is 17.2. The summed E-state index contributed by atoms with van der Waals surface area (Å²) in [5.74, 6) is -0.123. The lowest BCUT2D eigenvalue weighted by atomic mass is 10.1. The number of methoxy groups -OCH3 is 1. The van der Waals surface area contributed by atoms with Crippen molar-refractivity contribution in [1.29, 1.82) is 0 Å². The average molecular weight is 375 g/mol. The fourth-order valence-corrected chi connectivity index (χ4v) is 5.15. The van der Waals surface area contributed by atoms with E-state index in [1.807, 2.05) is 0 Å². The lowest BCUT2D eigenvalue weighted by Gasteiger charge is -2.21. The van der Waals surface area contributed by atoms with E-state index in [9.17, 15) is 13.2 Å². The second-order valence-corrected chi connectivity index (χ2v) is 8.64. The lowest BCUT2D eigenvalue weighted by Crippen LogP contribution is -2.34. The number of carbonyl (C=O) groups is 1. The Bertz CT molecular complexity index is 947. The molecule has 4 rings (SSSR count). The molecule has 26 heavy (non-hydrogen) atoms. The van der Waals surface area contributed by atoms with Crippen LogP contribution in [-0.2, 0) is 27.6 Å². The van der Waals surface area contributed by atoms with Crippen molar-refractivity contribution >= 4 is 16.0 Å². The molecule has 138 valence electrons. The standard InChI is InChI=1S/C18H21N3O4S/c1-25-18(22)14-4-2-3-5-16(14)26(23,24)21-10-8-13-15(9-11-21)19-20-17(13)12-6-7-12/h2-5,12H,6-11H2,1H3,(H,19,20). The van der Waals surface area contributed by atoms with Gasteiger partial charge in [-0.2, -0.15) is 9.40 Å². The first-order chi connectivity index (χ1) is 12.5. The van der Waals surface area contributed by atoms with E-state index in [1.54, 1.807) is 12.1 Å². The smallest absolute Gasteiger partial charge is 0.339 e. The molecule has 1 saturated carbocycles. The van der Waals surface area contributed by atoms with E-state index >= 15 is 0 Å². The molecule has 1 aliphatic carbocycles. The summed E-state index contributed by atoms with van der Waals surface area (Å²) in [4.78, 5) is 12.0. The highest BCUT2D eigenvalue weighted by molar-refractivity contribution is 7.89. The van der Waals surface area contributed by atoms with E-state index in [0.717, 1.165) is 24.2 Å². The van der Waals surface area contributed by atoms with Gasteiger partial charge in [-0.25, -0.2) is 13.2 Å². The Morgan fingerprint density at radius 3 is 2.69 bits per heavy atom. The topological polar surface area (TPSA) is 92.4 Å². The first-order valence-corrected chi connectivity index (χ1v) is 10.2. The van der Waals surface area contributed by atoms with Gasteiger partial charge in [-0.15, -0.1) is 0 Å². The molecule has 0 bridgehead atoms. The number of aromatic nitrogens is 2. The minimum absolute atomic E-state index is 0.00190. The number of hydrogen-bond acceptors (Lipinski definition) is 5. The maximum absolute atomic E-state index is 13.2. The normalized spacial score (nSPS) is 18.2. The molecule has 0 saturated heterocycles. The van der Waals surface area contributed by atoms with Gasteiger partial charge in [-0.3, -0.25) is 5.10 Å². The lowest BCUT2D eigenvalue weighted by molar-refractivity contribution is 0.0596. The monoisotopic (exact) mass is 375 g/mol. The number of sulfonamides is 1. The number of carbonyl (C=O) groups excluding carboxylic acids is 1. The van der Waals surface area contributed by atoms with Crippen LogP contribution >= 0.6 is 0 Å². The molecule has 1 N–H and O–H groups in total. The first-order valence-electron chi connectivity index (χ1n) is 8.76. The molecule has 0 atom stereocenters. The van der Waals surface area contributed by atoms with Crippen LogP contribution in [0.25, 0.3) is 0 Å². The molecule has 2 aromatic rings. The van der Waals surface area contributed by atoms with E-state index in [4.69, 9.17) is 4.74 Å². The van der Waals surface area contributed by atoms with Gasteiger partial charge in [0, 0.05) is 31.1 Å². The van der Waals surface area contributed by atoms with Gasteiger partial charge in [0.05, 0.1) is 23.3 Å². The van der Waals surface area contributed by atoms with Crippen molar-refractivity contribution in [2.45, 2.75) is 36.5 Å². The van der Waals surface area contributed by atoms with E-state index < -0.39 is 16.0 Å². The Balaban J connectivity index is 1.63. The number of H-pyrrole nitrogens is 1.